The molecule has 0 radical (unpaired) electrons. The van der Waals surface area contributed by atoms with Gasteiger partial charge in [-0.3, -0.25) is 9.59 Å². The van der Waals surface area contributed by atoms with Gasteiger partial charge in [-0.25, -0.2) is 4.39 Å². The van der Waals surface area contributed by atoms with Crippen LogP contribution in [0.15, 0.2) is 42.5 Å². The number of benzene rings is 2. The molecular formula is C22H21FN2O2. The number of carbonyl (C=O) groups excluding carboxylic acids is 2. The number of hydrogen-bond acceptors (Lipinski definition) is 2. The van der Waals surface area contributed by atoms with Crippen LogP contribution in [-0.2, 0) is 4.79 Å². The van der Waals surface area contributed by atoms with Crippen LogP contribution in [0.2, 0.25) is 0 Å². The monoisotopic (exact) mass is 364 g/mol. The number of rotatable bonds is 3. The van der Waals surface area contributed by atoms with Crippen molar-refractivity contribution in [1.29, 1.82) is 0 Å². The molecule has 1 N–H and O–H groups in total. The maximum Gasteiger partial charge on any atom is 0.254 e. The lowest BCUT2D eigenvalue weighted by atomic mass is 9.87. The SMILES string of the molecule is O=C1CCC2(CN(C(=O)c3ccc(-c4cc(C5CC5)ccc4F)cc3)C2)N1. The van der Waals surface area contributed by atoms with Crippen LogP contribution in [0.1, 0.15) is 47.5 Å². The highest BCUT2D eigenvalue weighted by molar-refractivity contribution is 5.96. The van der Waals surface area contributed by atoms with Crippen LogP contribution < -0.4 is 5.32 Å². The van der Waals surface area contributed by atoms with Crippen molar-refractivity contribution in [2.24, 2.45) is 0 Å². The van der Waals surface area contributed by atoms with Crippen LogP contribution >= 0.6 is 0 Å². The third-order valence-electron chi connectivity index (χ3n) is 5.99. The average Bonchev–Trinajstić information content (AvgIpc) is 3.42. The van der Waals surface area contributed by atoms with E-state index in [0.29, 0.717) is 36.6 Å². The normalized spacial score (nSPS) is 20.5. The van der Waals surface area contributed by atoms with E-state index in [2.05, 4.69) is 5.32 Å². The fourth-order valence-electron chi connectivity index (χ4n) is 4.25. The zero-order chi connectivity index (χ0) is 18.6. The van der Waals surface area contributed by atoms with E-state index >= 15 is 0 Å². The summed E-state index contributed by atoms with van der Waals surface area (Å²) in [6, 6.07) is 12.5. The summed E-state index contributed by atoms with van der Waals surface area (Å²) in [6.45, 7) is 1.13. The maximum absolute atomic E-state index is 14.3. The number of likely N-dealkylation sites (tertiary alicyclic amines) is 1. The molecule has 2 amide bonds. The second-order valence-corrected chi connectivity index (χ2v) is 8.08. The molecule has 27 heavy (non-hydrogen) atoms. The molecule has 2 aliphatic heterocycles. The Hall–Kier alpha value is -2.69. The number of nitrogens with zero attached hydrogens (tertiary/aromatic N) is 1. The van der Waals surface area contributed by atoms with Crippen molar-refractivity contribution >= 4 is 11.8 Å². The van der Waals surface area contributed by atoms with E-state index < -0.39 is 0 Å². The topological polar surface area (TPSA) is 49.4 Å². The first-order valence-corrected chi connectivity index (χ1v) is 9.53. The van der Waals surface area contributed by atoms with Gasteiger partial charge in [0.15, 0.2) is 0 Å². The van der Waals surface area contributed by atoms with Gasteiger partial charge < -0.3 is 10.2 Å². The second-order valence-electron chi connectivity index (χ2n) is 8.08. The van der Waals surface area contributed by atoms with Crippen LogP contribution in [0, 0.1) is 5.82 Å². The summed E-state index contributed by atoms with van der Waals surface area (Å²) in [4.78, 5) is 25.8. The van der Waals surface area contributed by atoms with Crippen molar-refractivity contribution in [2.75, 3.05) is 13.1 Å². The van der Waals surface area contributed by atoms with E-state index in [9.17, 15) is 14.0 Å². The van der Waals surface area contributed by atoms with Crippen LogP contribution in [0.25, 0.3) is 11.1 Å². The predicted octanol–water partition coefficient (Wildman–Crippen LogP) is 3.47. The molecule has 0 bridgehead atoms. The van der Waals surface area contributed by atoms with Gasteiger partial charge in [0.05, 0.1) is 5.54 Å². The van der Waals surface area contributed by atoms with Gasteiger partial charge in [-0.2, -0.15) is 0 Å². The summed E-state index contributed by atoms with van der Waals surface area (Å²) >= 11 is 0. The number of halogens is 1. The summed E-state index contributed by atoms with van der Waals surface area (Å²) in [6.07, 6.45) is 3.69. The second kappa shape index (κ2) is 5.91. The Morgan fingerprint density at radius 2 is 1.85 bits per heavy atom. The van der Waals surface area contributed by atoms with Crippen molar-refractivity contribution < 1.29 is 14.0 Å². The molecular weight excluding hydrogens is 343 g/mol. The molecule has 2 saturated heterocycles. The predicted molar refractivity (Wildman–Crippen MR) is 99.8 cm³/mol. The van der Waals surface area contributed by atoms with E-state index in [1.54, 1.807) is 17.0 Å². The van der Waals surface area contributed by atoms with E-state index in [4.69, 9.17) is 0 Å². The summed E-state index contributed by atoms with van der Waals surface area (Å²) in [7, 11) is 0. The highest BCUT2D eigenvalue weighted by atomic mass is 19.1. The number of hydrogen-bond donors (Lipinski definition) is 1. The first-order valence-electron chi connectivity index (χ1n) is 9.53. The molecule has 5 heteroatoms. The fourth-order valence-corrected chi connectivity index (χ4v) is 4.25. The molecule has 3 fully saturated rings. The highest BCUT2D eigenvalue weighted by Crippen LogP contribution is 2.41. The standard InChI is InChI=1S/C22H21FN2O2/c23-19-8-7-17(14-1-2-14)11-18(19)15-3-5-16(6-4-15)21(27)25-12-22(13-25)10-9-20(26)24-22/h3-8,11,14H,1-2,9-10,12-13H2,(H,24,26). The molecule has 1 saturated carbocycles. The Labute approximate surface area is 157 Å². The molecule has 2 aromatic carbocycles. The molecule has 0 atom stereocenters. The van der Waals surface area contributed by atoms with E-state index in [1.165, 1.54) is 24.5 Å². The number of nitrogens with one attached hydrogen (secondary N) is 1. The Morgan fingerprint density at radius 1 is 1.11 bits per heavy atom. The highest BCUT2D eigenvalue weighted by Gasteiger charge is 2.49. The Bertz CT molecular complexity index is 928. The Morgan fingerprint density at radius 3 is 2.48 bits per heavy atom. The van der Waals surface area contributed by atoms with Crippen molar-refractivity contribution in [3.8, 4) is 11.1 Å². The first-order chi connectivity index (χ1) is 13.0. The summed E-state index contributed by atoms with van der Waals surface area (Å²) in [5.74, 6) is 0.364. The molecule has 0 aromatic heterocycles. The lowest BCUT2D eigenvalue weighted by molar-refractivity contribution is -0.120. The summed E-state index contributed by atoms with van der Waals surface area (Å²) < 4.78 is 14.3. The smallest absolute Gasteiger partial charge is 0.254 e. The van der Waals surface area contributed by atoms with Gasteiger partial charge >= 0.3 is 0 Å². The lowest BCUT2D eigenvalue weighted by Crippen LogP contribution is -2.68. The molecule has 0 unspecified atom stereocenters. The Balaban J connectivity index is 1.31. The van der Waals surface area contributed by atoms with Gasteiger partial charge in [0.2, 0.25) is 5.91 Å². The van der Waals surface area contributed by atoms with Crippen molar-refractivity contribution in [1.82, 2.24) is 10.2 Å². The van der Waals surface area contributed by atoms with Crippen LogP contribution in [-0.4, -0.2) is 35.3 Å². The van der Waals surface area contributed by atoms with Gasteiger partial charge in [0.25, 0.3) is 5.91 Å². The molecule has 2 heterocycles. The zero-order valence-electron chi connectivity index (χ0n) is 15.0. The molecule has 1 aliphatic carbocycles. The quantitative estimate of drug-likeness (QED) is 0.907. The van der Waals surface area contributed by atoms with Crippen LogP contribution in [0.4, 0.5) is 4.39 Å². The fraction of sp³-hybridized carbons (Fsp3) is 0.364. The minimum absolute atomic E-state index is 0.0412. The third-order valence-corrected chi connectivity index (χ3v) is 5.99. The van der Waals surface area contributed by atoms with E-state index in [1.807, 2.05) is 24.3 Å². The van der Waals surface area contributed by atoms with Crippen molar-refractivity contribution in [3.63, 3.8) is 0 Å². The average molecular weight is 364 g/mol. The molecule has 1 spiro atoms. The summed E-state index contributed by atoms with van der Waals surface area (Å²) in [5, 5.41) is 2.98. The number of carbonyl (C=O) groups is 2. The van der Waals surface area contributed by atoms with E-state index in [0.717, 1.165) is 12.0 Å². The van der Waals surface area contributed by atoms with Crippen LogP contribution in [0.3, 0.4) is 0 Å². The Kier molecular flexibility index (Phi) is 3.61. The first kappa shape index (κ1) is 16.5. The largest absolute Gasteiger partial charge is 0.347 e. The van der Waals surface area contributed by atoms with Crippen molar-refractivity contribution in [3.05, 3.63) is 59.4 Å². The minimum Gasteiger partial charge on any atom is -0.347 e. The number of amides is 2. The third kappa shape index (κ3) is 2.91. The zero-order valence-corrected chi connectivity index (χ0v) is 15.0. The van der Waals surface area contributed by atoms with Gasteiger partial charge in [-0.15, -0.1) is 0 Å². The van der Waals surface area contributed by atoms with Gasteiger partial charge in [-0.05, 0) is 60.6 Å². The van der Waals surface area contributed by atoms with Gasteiger partial charge in [0, 0.05) is 30.6 Å². The molecule has 2 aromatic rings. The lowest BCUT2D eigenvalue weighted by Gasteiger charge is -2.47. The molecule has 138 valence electrons. The molecule has 4 nitrogen and oxygen atoms in total. The molecule has 3 aliphatic rings. The molecule has 5 rings (SSSR count). The van der Waals surface area contributed by atoms with E-state index in [-0.39, 0.29) is 23.2 Å². The van der Waals surface area contributed by atoms with Gasteiger partial charge in [0.1, 0.15) is 5.82 Å². The summed E-state index contributed by atoms with van der Waals surface area (Å²) in [5.41, 5.74) is 2.95. The minimum atomic E-state index is -0.236. The van der Waals surface area contributed by atoms with Gasteiger partial charge in [-0.1, -0.05) is 18.2 Å². The van der Waals surface area contributed by atoms with Crippen molar-refractivity contribution in [2.45, 2.75) is 37.1 Å². The maximum atomic E-state index is 14.3. The van der Waals surface area contributed by atoms with Crippen LogP contribution in [0.5, 0.6) is 0 Å².